The number of nitrogens with two attached hydrogens (primary N) is 1. The molecule has 4 rings (SSSR count). The molecule has 0 saturated carbocycles. The summed E-state index contributed by atoms with van der Waals surface area (Å²) in [6.45, 7) is 1.13. The average Bonchev–Trinajstić information content (AvgIpc) is 3.20. The maximum atomic E-state index is 6.19. The molecule has 0 spiro atoms. The largest absolute Gasteiger partial charge is 0.384 e. The predicted octanol–water partition coefficient (Wildman–Crippen LogP) is 1.79. The lowest BCUT2D eigenvalue weighted by Crippen LogP contribution is -2.34. The molecule has 1 fully saturated rings. The van der Waals surface area contributed by atoms with Gasteiger partial charge in [0.1, 0.15) is 5.82 Å². The van der Waals surface area contributed by atoms with Gasteiger partial charge in [-0.15, -0.1) is 0 Å². The fourth-order valence-corrected chi connectivity index (χ4v) is 3.42. The third-order valence-electron chi connectivity index (χ3n) is 4.73. The van der Waals surface area contributed by atoms with Crippen molar-refractivity contribution in [3.63, 3.8) is 0 Å². The van der Waals surface area contributed by atoms with Gasteiger partial charge >= 0.3 is 0 Å². The van der Waals surface area contributed by atoms with Crippen LogP contribution >= 0.6 is 0 Å². The van der Waals surface area contributed by atoms with E-state index in [-0.39, 0.29) is 0 Å². The second-order valence-corrected chi connectivity index (χ2v) is 6.55. The summed E-state index contributed by atoms with van der Waals surface area (Å²) in [7, 11) is 1.90. The van der Waals surface area contributed by atoms with Gasteiger partial charge in [0.25, 0.3) is 0 Å². The molecular weight excluding hydrogens is 302 g/mol. The maximum Gasteiger partial charge on any atom is 0.165 e. The average molecular weight is 325 g/mol. The second-order valence-electron chi connectivity index (χ2n) is 6.55. The molecule has 24 heavy (non-hydrogen) atoms. The van der Waals surface area contributed by atoms with Crippen LogP contribution in [0.4, 0.5) is 5.82 Å². The number of aryl methyl sites for hydroxylation is 2. The molecule has 4 heterocycles. The van der Waals surface area contributed by atoms with Crippen molar-refractivity contribution in [3.8, 4) is 11.1 Å². The number of anilines is 1. The van der Waals surface area contributed by atoms with Crippen LogP contribution in [0.1, 0.15) is 31.4 Å². The number of aromatic nitrogens is 5. The zero-order valence-electron chi connectivity index (χ0n) is 13.9. The van der Waals surface area contributed by atoms with Crippen molar-refractivity contribution in [2.45, 2.75) is 38.1 Å². The number of fused-ring (bicyclic) bond motifs is 1. The number of piperidine rings is 1. The quantitative estimate of drug-likeness (QED) is 0.764. The maximum absolute atomic E-state index is 6.19. The van der Waals surface area contributed by atoms with Crippen LogP contribution in [-0.2, 0) is 13.5 Å². The monoisotopic (exact) mass is 325 g/mol. The number of hydrogen-bond acceptors (Lipinski definition) is 5. The molecule has 0 aliphatic carbocycles. The molecule has 126 valence electrons. The van der Waals surface area contributed by atoms with Crippen molar-refractivity contribution in [3.05, 3.63) is 30.4 Å². The summed E-state index contributed by atoms with van der Waals surface area (Å²) in [5.41, 5.74) is 9.98. The Labute approximate surface area is 140 Å². The third-order valence-corrected chi connectivity index (χ3v) is 4.73. The van der Waals surface area contributed by atoms with Crippen molar-refractivity contribution in [2.24, 2.45) is 7.05 Å². The van der Waals surface area contributed by atoms with E-state index >= 15 is 0 Å². The number of hydrogen-bond donors (Lipinski definition) is 2. The first-order valence-electron chi connectivity index (χ1n) is 8.56. The van der Waals surface area contributed by atoms with Crippen molar-refractivity contribution < 1.29 is 0 Å². The van der Waals surface area contributed by atoms with Crippen LogP contribution in [-0.4, -0.2) is 37.0 Å². The summed E-state index contributed by atoms with van der Waals surface area (Å²) in [6.07, 6.45) is 11.5. The molecule has 1 aliphatic heterocycles. The molecule has 1 aliphatic rings. The summed E-state index contributed by atoms with van der Waals surface area (Å²) in [5.74, 6) is 0.627. The van der Waals surface area contributed by atoms with E-state index in [1.807, 2.05) is 31.7 Å². The van der Waals surface area contributed by atoms with E-state index in [1.165, 1.54) is 19.3 Å². The summed E-state index contributed by atoms with van der Waals surface area (Å²) < 4.78 is 3.48. The first-order valence-corrected chi connectivity index (χ1v) is 8.56. The molecule has 0 aromatic carbocycles. The Morgan fingerprint density at radius 1 is 1.29 bits per heavy atom. The van der Waals surface area contributed by atoms with E-state index in [2.05, 4.69) is 15.5 Å². The lowest BCUT2D eigenvalue weighted by atomic mass is 9.99. The van der Waals surface area contributed by atoms with E-state index in [4.69, 9.17) is 10.7 Å². The van der Waals surface area contributed by atoms with Crippen molar-refractivity contribution >= 4 is 11.5 Å². The van der Waals surface area contributed by atoms with Gasteiger partial charge in [-0.25, -0.2) is 4.98 Å². The van der Waals surface area contributed by atoms with Gasteiger partial charge in [-0.05, 0) is 32.2 Å². The molecular formula is C17H23N7. The summed E-state index contributed by atoms with van der Waals surface area (Å²) in [6, 6.07) is 2.54. The lowest BCUT2D eigenvalue weighted by Gasteiger charge is -2.23. The van der Waals surface area contributed by atoms with Crippen molar-refractivity contribution in [1.82, 2.24) is 29.7 Å². The smallest absolute Gasteiger partial charge is 0.165 e. The fourth-order valence-electron chi connectivity index (χ4n) is 3.42. The van der Waals surface area contributed by atoms with Crippen LogP contribution in [0.25, 0.3) is 16.8 Å². The molecule has 1 saturated heterocycles. The number of nitrogens with one attached hydrogen (secondary N) is 1. The molecule has 3 aromatic heterocycles. The highest BCUT2D eigenvalue weighted by atomic mass is 15.3. The van der Waals surface area contributed by atoms with Crippen LogP contribution < -0.4 is 11.1 Å². The van der Waals surface area contributed by atoms with Crippen LogP contribution in [0.3, 0.4) is 0 Å². The number of nitrogen functional groups attached to an aromatic ring is 1. The molecule has 7 heteroatoms. The van der Waals surface area contributed by atoms with Crippen molar-refractivity contribution in [2.75, 3.05) is 12.3 Å². The fraction of sp³-hybridized carbons (Fsp3) is 0.471. The van der Waals surface area contributed by atoms with Gasteiger partial charge in [-0.2, -0.15) is 14.7 Å². The highest BCUT2D eigenvalue weighted by Crippen LogP contribution is 2.25. The van der Waals surface area contributed by atoms with Crippen LogP contribution in [0.2, 0.25) is 0 Å². The Hall–Kier alpha value is -2.41. The van der Waals surface area contributed by atoms with Gasteiger partial charge in [0.15, 0.2) is 5.65 Å². The lowest BCUT2D eigenvalue weighted by molar-refractivity contribution is 0.382. The number of nitrogens with zero attached hydrogens (tertiary/aromatic N) is 5. The third kappa shape index (κ3) is 2.87. The highest BCUT2D eigenvalue weighted by Gasteiger charge is 2.15. The molecule has 7 nitrogen and oxygen atoms in total. The Kier molecular flexibility index (Phi) is 3.93. The Balaban J connectivity index is 1.62. The molecule has 1 unspecified atom stereocenters. The van der Waals surface area contributed by atoms with Gasteiger partial charge < -0.3 is 11.1 Å². The minimum atomic E-state index is 0.598. The molecule has 1 atom stereocenters. The normalized spacial score (nSPS) is 18.3. The second kappa shape index (κ2) is 6.24. The highest BCUT2D eigenvalue weighted by molar-refractivity contribution is 5.77. The van der Waals surface area contributed by atoms with E-state index in [1.54, 1.807) is 9.20 Å². The van der Waals surface area contributed by atoms with E-state index in [0.29, 0.717) is 11.9 Å². The first-order chi connectivity index (χ1) is 11.7. The Morgan fingerprint density at radius 2 is 2.21 bits per heavy atom. The predicted molar refractivity (Wildman–Crippen MR) is 93.6 cm³/mol. The van der Waals surface area contributed by atoms with Crippen LogP contribution in [0.15, 0.2) is 24.7 Å². The zero-order valence-corrected chi connectivity index (χ0v) is 13.9. The molecule has 0 radical (unpaired) electrons. The van der Waals surface area contributed by atoms with E-state index < -0.39 is 0 Å². The van der Waals surface area contributed by atoms with E-state index in [9.17, 15) is 0 Å². The van der Waals surface area contributed by atoms with Gasteiger partial charge in [0, 0.05) is 42.2 Å². The molecule has 3 aromatic rings. The minimum absolute atomic E-state index is 0.598. The van der Waals surface area contributed by atoms with Crippen molar-refractivity contribution in [1.29, 1.82) is 0 Å². The van der Waals surface area contributed by atoms with Crippen LogP contribution in [0, 0.1) is 0 Å². The molecule has 0 amide bonds. The zero-order chi connectivity index (χ0) is 16.5. The molecule has 3 N–H and O–H groups in total. The summed E-state index contributed by atoms with van der Waals surface area (Å²) in [5, 5.41) is 12.2. The Bertz CT molecular complexity index is 842. The minimum Gasteiger partial charge on any atom is -0.384 e. The van der Waals surface area contributed by atoms with Gasteiger partial charge in [0.05, 0.1) is 12.4 Å². The number of rotatable bonds is 4. The topological polar surface area (TPSA) is 86.1 Å². The van der Waals surface area contributed by atoms with Crippen LogP contribution in [0.5, 0.6) is 0 Å². The van der Waals surface area contributed by atoms with E-state index in [0.717, 1.165) is 41.9 Å². The molecule has 0 bridgehead atoms. The summed E-state index contributed by atoms with van der Waals surface area (Å²) in [4.78, 5) is 4.82. The SMILES string of the molecule is Cn1cc(-c2cnn3c(N)cc(CCC4CCCCN4)nc23)cn1. The standard InChI is InChI=1S/C17H23N7/c1-23-11-12(9-20-23)15-10-21-24-16(18)8-14(22-17(15)24)6-5-13-4-2-3-7-19-13/h8-11,13,19H,2-7,18H2,1H3. The van der Waals surface area contributed by atoms with Gasteiger partial charge in [-0.1, -0.05) is 6.42 Å². The van der Waals surface area contributed by atoms with Gasteiger partial charge in [0.2, 0.25) is 0 Å². The first kappa shape index (κ1) is 15.1. The van der Waals surface area contributed by atoms with Gasteiger partial charge in [-0.3, -0.25) is 4.68 Å². The summed E-state index contributed by atoms with van der Waals surface area (Å²) >= 11 is 0. The Morgan fingerprint density at radius 3 is 2.96 bits per heavy atom.